The van der Waals surface area contributed by atoms with Crippen LogP contribution in [-0.2, 0) is 29.9 Å². The van der Waals surface area contributed by atoms with Crippen LogP contribution in [0.15, 0.2) is 0 Å². The van der Waals surface area contributed by atoms with Gasteiger partial charge >= 0.3 is 29.9 Å². The maximum atomic E-state index is 8.74. The van der Waals surface area contributed by atoms with E-state index in [1.54, 1.807) is 0 Å². The molecule has 2 N–H and O–H groups in total. The summed E-state index contributed by atoms with van der Waals surface area (Å²) in [6, 6.07) is 0. The Morgan fingerprint density at radius 1 is 0.682 bits per heavy atom. The molecule has 132 valence electrons. The molecule has 0 spiro atoms. The predicted octanol–water partition coefficient (Wildman–Crippen LogP) is 5.71. The van der Waals surface area contributed by atoms with Gasteiger partial charge < -0.3 is 13.8 Å². The Balaban J connectivity index is -0.000000111. The molecule has 0 rings (SSSR count). The molecule has 0 amide bonds. The van der Waals surface area contributed by atoms with Gasteiger partial charge in [-0.05, 0) is 0 Å². The van der Waals surface area contributed by atoms with Gasteiger partial charge in [0.05, 0.1) is 0 Å². The Labute approximate surface area is 152 Å². The zero-order valence-electron chi connectivity index (χ0n) is 14.7. The maximum Gasteiger partial charge on any atom is 2.00 e. The van der Waals surface area contributed by atoms with Crippen molar-refractivity contribution in [3.63, 3.8) is 0 Å². The van der Waals surface area contributed by atoms with Crippen molar-refractivity contribution in [1.29, 1.82) is 0 Å². The Morgan fingerprint density at radius 3 is 1.09 bits per heavy atom. The van der Waals surface area contributed by atoms with Crippen LogP contribution in [0.25, 0.3) is 0 Å². The van der Waals surface area contributed by atoms with Crippen LogP contribution in [0.5, 0.6) is 0 Å². The minimum Gasteiger partial charge on any atom is -0.343 e. The Morgan fingerprint density at radius 2 is 0.909 bits per heavy atom. The molecule has 0 saturated carbocycles. The van der Waals surface area contributed by atoms with Gasteiger partial charge in [0.2, 0.25) is 0 Å². The zero-order valence-corrected chi connectivity index (χ0v) is 18.5. The molecule has 0 fully saturated rings. The summed E-state index contributed by atoms with van der Waals surface area (Å²) in [5, 5.41) is 0. The van der Waals surface area contributed by atoms with Crippen LogP contribution in [0.1, 0.15) is 90.9 Å². The minimum atomic E-state index is -4.67. The largest absolute Gasteiger partial charge is 2.00 e. The van der Waals surface area contributed by atoms with Crippen LogP contribution in [0.2, 0.25) is 0 Å². The molecular formula is C16H36O4SZn. The van der Waals surface area contributed by atoms with E-state index in [1.807, 2.05) is 0 Å². The fourth-order valence-electron chi connectivity index (χ4n) is 1.56. The first kappa shape index (κ1) is 30.4. The molecule has 0 heterocycles. The maximum absolute atomic E-state index is 8.74. The summed E-state index contributed by atoms with van der Waals surface area (Å²) in [5.41, 5.74) is 0. The molecule has 0 aromatic heterocycles. The van der Waals surface area contributed by atoms with Crippen LogP contribution >= 0.6 is 0 Å². The zero-order chi connectivity index (χ0) is 17.0. The van der Waals surface area contributed by atoms with Crippen molar-refractivity contribution >= 4 is 10.4 Å². The molecule has 0 aliphatic carbocycles. The van der Waals surface area contributed by atoms with E-state index < -0.39 is 10.4 Å². The van der Waals surface area contributed by atoms with Gasteiger partial charge in [-0.25, -0.2) is 0 Å². The second-order valence-electron chi connectivity index (χ2n) is 4.98. The first-order valence-electron chi connectivity index (χ1n) is 8.11. The monoisotopic (exact) mass is 388 g/mol. The van der Waals surface area contributed by atoms with Crippen LogP contribution in [0.4, 0.5) is 0 Å². The van der Waals surface area contributed by atoms with E-state index in [4.69, 9.17) is 17.5 Å². The molecular weight excluding hydrogens is 354 g/mol. The van der Waals surface area contributed by atoms with Gasteiger partial charge in [-0.3, -0.25) is 9.11 Å². The molecule has 4 nitrogen and oxygen atoms in total. The van der Waals surface area contributed by atoms with Crippen LogP contribution in [0, 0.1) is 13.8 Å². The van der Waals surface area contributed by atoms with Crippen molar-refractivity contribution in [3.8, 4) is 0 Å². The molecule has 6 heteroatoms. The van der Waals surface area contributed by atoms with Gasteiger partial charge in [-0.15, -0.1) is 0 Å². The van der Waals surface area contributed by atoms with Crippen LogP contribution in [-0.4, -0.2) is 17.5 Å². The molecule has 0 atom stereocenters. The number of hydrogen-bond acceptors (Lipinski definition) is 2. The number of hydrogen-bond donors (Lipinski definition) is 2. The van der Waals surface area contributed by atoms with E-state index in [0.717, 1.165) is 12.8 Å². The van der Waals surface area contributed by atoms with E-state index in [0.29, 0.717) is 0 Å². The average molecular weight is 390 g/mol. The molecule has 0 aromatic carbocycles. The third-order valence-electron chi connectivity index (χ3n) is 2.71. The molecule has 0 aliphatic heterocycles. The summed E-state index contributed by atoms with van der Waals surface area (Å²) in [4.78, 5) is 0. The number of unbranched alkanes of at least 4 members (excludes halogenated alkanes) is 10. The van der Waals surface area contributed by atoms with Gasteiger partial charge in [0, 0.05) is 0 Å². The summed E-state index contributed by atoms with van der Waals surface area (Å²) in [7, 11) is -4.67. The van der Waals surface area contributed by atoms with E-state index in [-0.39, 0.29) is 19.5 Å². The SMILES string of the molecule is O=S(=O)(O)O.[CH2-]CCCCCCC.[CH2-]CCCCCCC.[Zn+2]. The van der Waals surface area contributed by atoms with Crippen molar-refractivity contribution < 1.29 is 37.0 Å². The molecule has 0 bridgehead atoms. The Hall–Kier alpha value is 0.493. The molecule has 0 saturated heterocycles. The Bertz CT molecular complexity index is 225. The smallest absolute Gasteiger partial charge is 0.343 e. The third kappa shape index (κ3) is 70.7. The number of rotatable bonds is 10. The second-order valence-corrected chi connectivity index (χ2v) is 5.88. The van der Waals surface area contributed by atoms with Crippen LogP contribution < -0.4 is 0 Å². The van der Waals surface area contributed by atoms with E-state index in [2.05, 4.69) is 27.7 Å². The molecule has 0 radical (unpaired) electrons. The Kier molecular flexibility index (Phi) is 36.5. The van der Waals surface area contributed by atoms with E-state index in [9.17, 15) is 0 Å². The first-order chi connectivity index (χ1) is 9.83. The summed E-state index contributed by atoms with van der Waals surface area (Å²) in [6.07, 6.45) is 16.0. The second kappa shape index (κ2) is 26.4. The normalized spacial score (nSPS) is 9.73. The van der Waals surface area contributed by atoms with Gasteiger partial charge in [0.15, 0.2) is 0 Å². The molecule has 0 aliphatic rings. The summed E-state index contributed by atoms with van der Waals surface area (Å²) in [6.45, 7) is 12.0. The van der Waals surface area contributed by atoms with Gasteiger partial charge in [0.1, 0.15) is 0 Å². The van der Waals surface area contributed by atoms with Crippen molar-refractivity contribution in [2.45, 2.75) is 90.9 Å². The third-order valence-corrected chi connectivity index (χ3v) is 2.71. The standard InChI is InChI=1S/2C8H17.H2O4S.Zn/c2*1-3-5-7-8-6-4-2;1-5(2,3)4;/h2*1,3-8H2,2H3;(H2,1,2,3,4);/q2*-1;;+2. The van der Waals surface area contributed by atoms with Crippen molar-refractivity contribution in [1.82, 2.24) is 0 Å². The van der Waals surface area contributed by atoms with Crippen molar-refractivity contribution in [2.24, 2.45) is 0 Å². The summed E-state index contributed by atoms with van der Waals surface area (Å²) < 4.78 is 31.6. The predicted molar refractivity (Wildman–Crippen MR) is 91.6 cm³/mol. The van der Waals surface area contributed by atoms with Gasteiger partial charge in [-0.1, -0.05) is 78.1 Å². The quantitative estimate of drug-likeness (QED) is 0.217. The van der Waals surface area contributed by atoms with Gasteiger partial charge in [0.25, 0.3) is 0 Å². The van der Waals surface area contributed by atoms with Crippen molar-refractivity contribution in [2.75, 3.05) is 0 Å². The molecule has 22 heavy (non-hydrogen) atoms. The van der Waals surface area contributed by atoms with Crippen molar-refractivity contribution in [3.05, 3.63) is 13.8 Å². The topological polar surface area (TPSA) is 74.6 Å². The average Bonchev–Trinajstić information content (AvgIpc) is 2.39. The van der Waals surface area contributed by atoms with Crippen LogP contribution in [0.3, 0.4) is 0 Å². The first-order valence-corrected chi connectivity index (χ1v) is 9.51. The van der Waals surface area contributed by atoms with E-state index >= 15 is 0 Å². The minimum absolute atomic E-state index is 0. The summed E-state index contributed by atoms with van der Waals surface area (Å²) >= 11 is 0. The molecule has 0 unspecified atom stereocenters. The fourth-order valence-corrected chi connectivity index (χ4v) is 1.56. The fraction of sp³-hybridized carbons (Fsp3) is 0.875. The van der Waals surface area contributed by atoms with Gasteiger partial charge in [-0.2, -0.15) is 21.3 Å². The molecule has 0 aromatic rings. The summed E-state index contributed by atoms with van der Waals surface area (Å²) in [5.74, 6) is 0. The van der Waals surface area contributed by atoms with E-state index in [1.165, 1.54) is 64.2 Å².